The van der Waals surface area contributed by atoms with Gasteiger partial charge in [0.1, 0.15) is 12.4 Å². The van der Waals surface area contributed by atoms with Crippen LogP contribution in [0.2, 0.25) is 0 Å². The van der Waals surface area contributed by atoms with Crippen LogP contribution in [0.15, 0.2) is 33.7 Å². The van der Waals surface area contributed by atoms with Crippen molar-refractivity contribution in [3.8, 4) is 5.75 Å². The summed E-state index contributed by atoms with van der Waals surface area (Å²) in [5, 5.41) is 9.56. The van der Waals surface area contributed by atoms with E-state index < -0.39 is 6.10 Å². The van der Waals surface area contributed by atoms with E-state index >= 15 is 0 Å². The van der Waals surface area contributed by atoms with Crippen molar-refractivity contribution < 1.29 is 9.84 Å². The number of aliphatic hydroxyl groups excluding tert-OH is 1. The van der Waals surface area contributed by atoms with E-state index in [1.807, 2.05) is 18.2 Å². The van der Waals surface area contributed by atoms with Gasteiger partial charge in [-0.05, 0) is 25.1 Å². The Labute approximate surface area is 106 Å². The first kappa shape index (κ1) is 12.7. The molecule has 1 aromatic carbocycles. The lowest BCUT2D eigenvalue weighted by molar-refractivity contribution is 0.193. The standard InChI is InChI=1S/C11H12Br2O2/c1-7(12)6-15-11-4-3-9(13)5-10(11)8(2)14/h3-5,8,14H,1,6H2,2H3/t8-/m1/s1. The fourth-order valence-corrected chi connectivity index (χ4v) is 1.63. The summed E-state index contributed by atoms with van der Waals surface area (Å²) in [4.78, 5) is 0. The summed E-state index contributed by atoms with van der Waals surface area (Å²) in [7, 11) is 0. The van der Waals surface area contributed by atoms with E-state index in [0.29, 0.717) is 12.4 Å². The lowest BCUT2D eigenvalue weighted by Gasteiger charge is -2.13. The summed E-state index contributed by atoms with van der Waals surface area (Å²) < 4.78 is 7.17. The predicted molar refractivity (Wildman–Crippen MR) is 68.3 cm³/mol. The molecule has 4 heteroatoms. The van der Waals surface area contributed by atoms with Crippen molar-refractivity contribution in [3.05, 3.63) is 39.3 Å². The van der Waals surface area contributed by atoms with Crippen molar-refractivity contribution in [2.24, 2.45) is 0 Å². The smallest absolute Gasteiger partial charge is 0.125 e. The van der Waals surface area contributed by atoms with Crippen molar-refractivity contribution >= 4 is 31.9 Å². The highest BCUT2D eigenvalue weighted by Gasteiger charge is 2.09. The minimum absolute atomic E-state index is 0.390. The third-order valence-electron chi connectivity index (χ3n) is 1.81. The Hall–Kier alpha value is -0.320. The lowest BCUT2D eigenvalue weighted by Crippen LogP contribution is -2.01. The molecule has 0 unspecified atom stereocenters. The Balaban J connectivity index is 2.90. The van der Waals surface area contributed by atoms with Gasteiger partial charge < -0.3 is 9.84 Å². The first-order valence-electron chi connectivity index (χ1n) is 4.44. The first-order valence-corrected chi connectivity index (χ1v) is 6.03. The van der Waals surface area contributed by atoms with Crippen LogP contribution in [0.3, 0.4) is 0 Å². The molecule has 0 aromatic heterocycles. The number of hydrogen-bond donors (Lipinski definition) is 1. The summed E-state index contributed by atoms with van der Waals surface area (Å²) in [5.41, 5.74) is 0.762. The summed E-state index contributed by atoms with van der Waals surface area (Å²) in [6.07, 6.45) is -0.555. The van der Waals surface area contributed by atoms with Gasteiger partial charge in [0.05, 0.1) is 6.10 Å². The number of rotatable bonds is 4. The average molecular weight is 336 g/mol. The van der Waals surface area contributed by atoms with Gasteiger partial charge in [0.25, 0.3) is 0 Å². The first-order chi connectivity index (χ1) is 7.00. The van der Waals surface area contributed by atoms with Crippen LogP contribution in [0, 0.1) is 0 Å². The Morgan fingerprint density at radius 2 is 2.27 bits per heavy atom. The monoisotopic (exact) mass is 334 g/mol. The molecule has 0 aliphatic carbocycles. The predicted octanol–water partition coefficient (Wildman–Crippen LogP) is 3.79. The van der Waals surface area contributed by atoms with Crippen molar-refractivity contribution in [3.63, 3.8) is 0 Å². The molecular formula is C11H12Br2O2. The van der Waals surface area contributed by atoms with E-state index in [-0.39, 0.29) is 0 Å². The van der Waals surface area contributed by atoms with Gasteiger partial charge in [-0.15, -0.1) is 0 Å². The Morgan fingerprint density at radius 3 is 2.80 bits per heavy atom. The van der Waals surface area contributed by atoms with Crippen LogP contribution in [0.1, 0.15) is 18.6 Å². The molecule has 1 rings (SSSR count). The molecular weight excluding hydrogens is 324 g/mol. The van der Waals surface area contributed by atoms with Gasteiger partial charge in [0.15, 0.2) is 0 Å². The van der Waals surface area contributed by atoms with Crippen LogP contribution in [0.25, 0.3) is 0 Å². The highest BCUT2D eigenvalue weighted by molar-refractivity contribution is 9.11. The molecule has 0 amide bonds. The van der Waals surface area contributed by atoms with Crippen LogP contribution < -0.4 is 4.74 Å². The maximum absolute atomic E-state index is 9.56. The van der Waals surface area contributed by atoms with Crippen molar-refractivity contribution in [1.82, 2.24) is 0 Å². The topological polar surface area (TPSA) is 29.5 Å². The average Bonchev–Trinajstić information content (AvgIpc) is 2.15. The molecule has 0 aliphatic heterocycles. The molecule has 0 heterocycles. The largest absolute Gasteiger partial charge is 0.488 e. The van der Waals surface area contributed by atoms with Gasteiger partial charge >= 0.3 is 0 Å². The highest BCUT2D eigenvalue weighted by Crippen LogP contribution is 2.28. The van der Waals surface area contributed by atoms with E-state index in [1.165, 1.54) is 0 Å². The molecule has 1 N–H and O–H groups in total. The van der Waals surface area contributed by atoms with Gasteiger partial charge in [0.2, 0.25) is 0 Å². The highest BCUT2D eigenvalue weighted by atomic mass is 79.9. The van der Waals surface area contributed by atoms with Gasteiger partial charge in [-0.3, -0.25) is 0 Å². The minimum Gasteiger partial charge on any atom is -0.488 e. The van der Waals surface area contributed by atoms with E-state index in [0.717, 1.165) is 14.5 Å². The molecule has 0 aliphatic rings. The summed E-state index contributed by atoms with van der Waals surface area (Å²) in [5.74, 6) is 0.675. The second-order valence-electron chi connectivity index (χ2n) is 3.16. The number of benzene rings is 1. The van der Waals surface area contributed by atoms with Crippen LogP contribution in [-0.2, 0) is 0 Å². The maximum Gasteiger partial charge on any atom is 0.125 e. The molecule has 1 aromatic rings. The van der Waals surface area contributed by atoms with E-state index in [1.54, 1.807) is 6.92 Å². The zero-order valence-corrected chi connectivity index (χ0v) is 11.5. The molecule has 0 saturated heterocycles. The summed E-state index contributed by atoms with van der Waals surface area (Å²) in [6.45, 7) is 5.78. The van der Waals surface area contributed by atoms with E-state index in [2.05, 4.69) is 38.4 Å². The Bertz CT molecular complexity index is 362. The third-order valence-corrected chi connectivity index (χ3v) is 2.53. The minimum atomic E-state index is -0.555. The Kier molecular flexibility index (Phi) is 4.83. The molecule has 82 valence electrons. The molecule has 0 spiro atoms. The molecule has 0 bridgehead atoms. The third kappa shape index (κ3) is 3.97. The molecule has 2 nitrogen and oxygen atoms in total. The lowest BCUT2D eigenvalue weighted by atomic mass is 10.1. The van der Waals surface area contributed by atoms with Crippen LogP contribution >= 0.6 is 31.9 Å². The quantitative estimate of drug-likeness (QED) is 0.907. The van der Waals surface area contributed by atoms with Crippen molar-refractivity contribution in [2.45, 2.75) is 13.0 Å². The van der Waals surface area contributed by atoms with Gasteiger partial charge in [0, 0.05) is 14.5 Å². The van der Waals surface area contributed by atoms with Crippen molar-refractivity contribution in [1.29, 1.82) is 0 Å². The second kappa shape index (κ2) is 5.68. The second-order valence-corrected chi connectivity index (χ2v) is 5.20. The van der Waals surface area contributed by atoms with Gasteiger partial charge in [-0.25, -0.2) is 0 Å². The molecule has 0 fully saturated rings. The number of hydrogen-bond acceptors (Lipinski definition) is 2. The normalized spacial score (nSPS) is 12.3. The SMILES string of the molecule is C=C(Br)COc1ccc(Br)cc1[C@@H](C)O. The zero-order chi connectivity index (χ0) is 11.4. The maximum atomic E-state index is 9.56. The molecule has 15 heavy (non-hydrogen) atoms. The van der Waals surface area contributed by atoms with E-state index in [9.17, 15) is 5.11 Å². The van der Waals surface area contributed by atoms with Crippen LogP contribution in [0.4, 0.5) is 0 Å². The van der Waals surface area contributed by atoms with Gasteiger partial charge in [-0.1, -0.05) is 38.4 Å². The van der Waals surface area contributed by atoms with Crippen LogP contribution in [0.5, 0.6) is 5.75 Å². The Morgan fingerprint density at radius 1 is 1.60 bits per heavy atom. The zero-order valence-electron chi connectivity index (χ0n) is 8.34. The van der Waals surface area contributed by atoms with Crippen molar-refractivity contribution in [2.75, 3.05) is 6.61 Å². The van der Waals surface area contributed by atoms with Gasteiger partial charge in [-0.2, -0.15) is 0 Å². The fraction of sp³-hybridized carbons (Fsp3) is 0.273. The summed E-state index contributed by atoms with van der Waals surface area (Å²) >= 11 is 6.57. The van der Waals surface area contributed by atoms with E-state index in [4.69, 9.17) is 4.74 Å². The number of ether oxygens (including phenoxy) is 1. The number of halogens is 2. The fourth-order valence-electron chi connectivity index (χ4n) is 1.13. The molecule has 1 atom stereocenters. The number of aliphatic hydroxyl groups is 1. The molecule has 0 saturated carbocycles. The summed E-state index contributed by atoms with van der Waals surface area (Å²) in [6, 6.07) is 5.54. The van der Waals surface area contributed by atoms with Crippen LogP contribution in [-0.4, -0.2) is 11.7 Å². The molecule has 0 radical (unpaired) electrons.